The van der Waals surface area contributed by atoms with Crippen molar-refractivity contribution in [3.05, 3.63) is 34.9 Å². The first-order valence-corrected chi connectivity index (χ1v) is 6.87. The highest BCUT2D eigenvalue weighted by Gasteiger charge is 2.36. The Hall–Kier alpha value is -1.77. The molecule has 3 nitrogen and oxygen atoms in total. The molecule has 1 aliphatic rings. The number of amides is 1. The molecule has 1 fully saturated rings. The molecule has 1 aromatic rings. The Morgan fingerprint density at radius 3 is 2.09 bits per heavy atom. The van der Waals surface area contributed by atoms with Gasteiger partial charge in [0.25, 0.3) is 0 Å². The van der Waals surface area contributed by atoms with Gasteiger partial charge in [0.2, 0.25) is 5.91 Å². The van der Waals surface area contributed by atoms with Crippen LogP contribution in [0, 0.1) is 0 Å². The maximum absolute atomic E-state index is 12.7. The van der Waals surface area contributed by atoms with E-state index in [1.807, 2.05) is 0 Å². The lowest BCUT2D eigenvalue weighted by atomic mass is 10.0. The predicted molar refractivity (Wildman–Crippen MR) is 69.3 cm³/mol. The van der Waals surface area contributed by atoms with Gasteiger partial charge in [-0.1, -0.05) is 0 Å². The number of halogens is 6. The number of nitrogens with one attached hydrogen (secondary N) is 2. The SMILES string of the molecule is O=C(NCc1cc(C(F)(F)F)cc(C(F)(F)F)c1)[C@@H]1CCCN1. The predicted octanol–water partition coefficient (Wildman–Crippen LogP) is 3.09. The second kappa shape index (κ2) is 6.38. The Morgan fingerprint density at radius 2 is 1.65 bits per heavy atom. The number of rotatable bonds is 3. The summed E-state index contributed by atoms with van der Waals surface area (Å²) in [5, 5.41) is 5.25. The second-order valence-corrected chi connectivity index (χ2v) is 5.28. The molecule has 23 heavy (non-hydrogen) atoms. The summed E-state index contributed by atoms with van der Waals surface area (Å²) in [7, 11) is 0. The van der Waals surface area contributed by atoms with Crippen LogP contribution in [0.4, 0.5) is 26.3 Å². The summed E-state index contributed by atoms with van der Waals surface area (Å²) in [6.07, 6.45) is -8.41. The third-order valence-electron chi connectivity index (χ3n) is 3.49. The number of carbonyl (C=O) groups is 1. The maximum Gasteiger partial charge on any atom is 0.416 e. The minimum atomic E-state index is -4.90. The molecule has 1 heterocycles. The number of hydrogen-bond donors (Lipinski definition) is 2. The van der Waals surface area contributed by atoms with Crippen molar-refractivity contribution in [1.82, 2.24) is 10.6 Å². The molecule has 128 valence electrons. The van der Waals surface area contributed by atoms with Crippen LogP contribution in [0.3, 0.4) is 0 Å². The van der Waals surface area contributed by atoms with E-state index in [4.69, 9.17) is 0 Å². The van der Waals surface area contributed by atoms with Crippen LogP contribution >= 0.6 is 0 Å². The lowest BCUT2D eigenvalue weighted by Gasteiger charge is -2.15. The Bertz CT molecular complexity index is 543. The van der Waals surface area contributed by atoms with Crippen LogP contribution in [-0.4, -0.2) is 18.5 Å². The Kier molecular flexibility index (Phi) is 4.88. The highest BCUT2D eigenvalue weighted by molar-refractivity contribution is 5.81. The highest BCUT2D eigenvalue weighted by Crippen LogP contribution is 2.36. The molecule has 1 atom stereocenters. The van der Waals surface area contributed by atoms with Gasteiger partial charge in [-0.2, -0.15) is 26.3 Å². The van der Waals surface area contributed by atoms with Gasteiger partial charge in [-0.15, -0.1) is 0 Å². The van der Waals surface area contributed by atoms with Gasteiger partial charge in [0, 0.05) is 6.54 Å². The average molecular weight is 340 g/mol. The molecular weight excluding hydrogens is 326 g/mol. The van der Waals surface area contributed by atoms with Crippen molar-refractivity contribution < 1.29 is 31.1 Å². The van der Waals surface area contributed by atoms with Crippen LogP contribution in [0.2, 0.25) is 0 Å². The lowest BCUT2D eigenvalue weighted by Crippen LogP contribution is -2.40. The van der Waals surface area contributed by atoms with Crippen molar-refractivity contribution in [1.29, 1.82) is 0 Å². The normalized spacial score (nSPS) is 19.0. The summed E-state index contributed by atoms with van der Waals surface area (Å²) in [5.41, 5.74) is -3.04. The van der Waals surface area contributed by atoms with Gasteiger partial charge < -0.3 is 10.6 Å². The van der Waals surface area contributed by atoms with Gasteiger partial charge in [0.05, 0.1) is 17.2 Å². The third-order valence-corrected chi connectivity index (χ3v) is 3.49. The molecule has 1 saturated heterocycles. The van der Waals surface area contributed by atoms with E-state index in [0.717, 1.165) is 6.42 Å². The molecule has 2 rings (SSSR count). The van der Waals surface area contributed by atoms with Crippen molar-refractivity contribution in [3.63, 3.8) is 0 Å². The minimum Gasteiger partial charge on any atom is -0.351 e. The van der Waals surface area contributed by atoms with E-state index in [2.05, 4.69) is 10.6 Å². The molecule has 0 saturated carbocycles. The summed E-state index contributed by atoms with van der Waals surface area (Å²) < 4.78 is 76.3. The fourth-order valence-corrected chi connectivity index (χ4v) is 2.34. The molecule has 9 heteroatoms. The fraction of sp³-hybridized carbons (Fsp3) is 0.500. The molecule has 2 N–H and O–H groups in total. The van der Waals surface area contributed by atoms with Gasteiger partial charge in [0.15, 0.2) is 0 Å². The highest BCUT2D eigenvalue weighted by atomic mass is 19.4. The first-order valence-electron chi connectivity index (χ1n) is 6.87. The van der Waals surface area contributed by atoms with Crippen molar-refractivity contribution in [3.8, 4) is 0 Å². The monoisotopic (exact) mass is 340 g/mol. The van der Waals surface area contributed by atoms with Gasteiger partial charge in [-0.25, -0.2) is 0 Å². The second-order valence-electron chi connectivity index (χ2n) is 5.28. The zero-order valence-corrected chi connectivity index (χ0v) is 11.8. The summed E-state index contributed by atoms with van der Waals surface area (Å²) in [6.45, 7) is 0.254. The van der Waals surface area contributed by atoms with E-state index >= 15 is 0 Å². The van der Waals surface area contributed by atoms with E-state index in [-0.39, 0.29) is 11.6 Å². The molecule has 0 bridgehead atoms. The molecule has 0 radical (unpaired) electrons. The van der Waals surface area contributed by atoms with Crippen molar-refractivity contribution >= 4 is 5.91 Å². The van der Waals surface area contributed by atoms with E-state index in [0.29, 0.717) is 25.1 Å². The fourth-order valence-electron chi connectivity index (χ4n) is 2.34. The number of benzene rings is 1. The molecule has 0 unspecified atom stereocenters. The molecule has 0 aliphatic carbocycles. The van der Waals surface area contributed by atoms with Crippen LogP contribution in [0.5, 0.6) is 0 Å². The van der Waals surface area contributed by atoms with E-state index in [1.165, 1.54) is 0 Å². The Balaban J connectivity index is 2.18. The van der Waals surface area contributed by atoms with Crippen molar-refractivity contribution in [2.45, 2.75) is 37.8 Å². The zero-order chi connectivity index (χ0) is 17.3. The first kappa shape index (κ1) is 17.6. The Labute approximate surface area is 128 Å². The Morgan fingerprint density at radius 1 is 1.09 bits per heavy atom. The molecule has 1 amide bonds. The van der Waals surface area contributed by atoms with E-state index in [9.17, 15) is 31.1 Å². The van der Waals surface area contributed by atoms with Gasteiger partial charge in [0.1, 0.15) is 0 Å². The number of hydrogen-bond acceptors (Lipinski definition) is 2. The van der Waals surface area contributed by atoms with Gasteiger partial charge in [-0.05, 0) is 43.1 Å². The minimum absolute atomic E-state index is 0.0594. The van der Waals surface area contributed by atoms with Gasteiger partial charge >= 0.3 is 12.4 Å². The van der Waals surface area contributed by atoms with Gasteiger partial charge in [-0.3, -0.25) is 4.79 Å². The van der Waals surface area contributed by atoms with Crippen LogP contribution in [-0.2, 0) is 23.7 Å². The number of alkyl halides is 6. The smallest absolute Gasteiger partial charge is 0.351 e. The topological polar surface area (TPSA) is 41.1 Å². The summed E-state index contributed by atoms with van der Waals surface area (Å²) in [5.74, 6) is -0.437. The quantitative estimate of drug-likeness (QED) is 0.831. The summed E-state index contributed by atoms with van der Waals surface area (Å²) in [6, 6.07) is 0.821. The molecule has 0 aromatic heterocycles. The standard InChI is InChI=1S/C14H14F6N2O/c15-13(16,17)9-4-8(5-10(6-9)14(18,19)20)7-22-12(23)11-2-1-3-21-11/h4-6,11,21H,1-3,7H2,(H,22,23)/t11-/m0/s1. The lowest BCUT2D eigenvalue weighted by molar-refractivity contribution is -0.143. The van der Waals surface area contributed by atoms with Crippen LogP contribution in [0.15, 0.2) is 18.2 Å². The van der Waals surface area contributed by atoms with E-state index in [1.54, 1.807) is 0 Å². The van der Waals surface area contributed by atoms with E-state index < -0.39 is 42.0 Å². The number of carbonyl (C=O) groups excluding carboxylic acids is 1. The van der Waals surface area contributed by atoms with Crippen molar-refractivity contribution in [2.24, 2.45) is 0 Å². The van der Waals surface area contributed by atoms with Crippen LogP contribution < -0.4 is 10.6 Å². The third kappa shape index (κ3) is 4.60. The van der Waals surface area contributed by atoms with Crippen molar-refractivity contribution in [2.75, 3.05) is 6.54 Å². The van der Waals surface area contributed by atoms with Crippen LogP contribution in [0.25, 0.3) is 0 Å². The largest absolute Gasteiger partial charge is 0.416 e. The summed E-state index contributed by atoms with van der Waals surface area (Å²) in [4.78, 5) is 11.8. The van der Waals surface area contributed by atoms with Crippen LogP contribution in [0.1, 0.15) is 29.5 Å². The molecule has 1 aliphatic heterocycles. The molecule has 0 spiro atoms. The summed E-state index contributed by atoms with van der Waals surface area (Å²) >= 11 is 0. The average Bonchev–Trinajstić information content (AvgIpc) is 2.96. The zero-order valence-electron chi connectivity index (χ0n) is 11.8. The maximum atomic E-state index is 12.7. The first-order chi connectivity index (χ1) is 10.6. The molecule has 1 aromatic carbocycles. The molecular formula is C14H14F6N2O.